The van der Waals surface area contributed by atoms with E-state index in [0.717, 1.165) is 53.5 Å². The molecular formula is C18H23N3O2S. The van der Waals surface area contributed by atoms with E-state index in [9.17, 15) is 5.11 Å². The molecule has 0 aromatic carbocycles. The Kier molecular flexibility index (Phi) is 4.26. The smallest absolute Gasteiger partial charge is 0.240 e. The second-order valence-corrected chi connectivity index (χ2v) is 8.06. The van der Waals surface area contributed by atoms with Crippen LogP contribution in [0.4, 0.5) is 5.69 Å². The van der Waals surface area contributed by atoms with Crippen molar-refractivity contribution >= 4 is 28.4 Å². The number of rotatable bonds is 5. The molecule has 0 amide bonds. The van der Waals surface area contributed by atoms with Gasteiger partial charge in [-0.1, -0.05) is 0 Å². The van der Waals surface area contributed by atoms with Crippen LogP contribution in [0.2, 0.25) is 0 Å². The molecule has 1 aliphatic heterocycles. The quantitative estimate of drug-likeness (QED) is 0.899. The molecule has 128 valence electrons. The third-order valence-electron chi connectivity index (χ3n) is 4.94. The number of methoxy groups -OCH3 is 1. The van der Waals surface area contributed by atoms with Gasteiger partial charge in [0.1, 0.15) is 5.52 Å². The van der Waals surface area contributed by atoms with Gasteiger partial charge in [-0.2, -0.15) is 11.8 Å². The average Bonchev–Trinajstić information content (AvgIpc) is 3.44. The molecule has 1 N–H and O–H groups in total. The van der Waals surface area contributed by atoms with Crippen molar-refractivity contribution in [2.24, 2.45) is 0 Å². The van der Waals surface area contributed by atoms with Crippen molar-refractivity contribution in [1.82, 2.24) is 9.97 Å². The Labute approximate surface area is 146 Å². The molecule has 2 aromatic rings. The van der Waals surface area contributed by atoms with Crippen LogP contribution in [0.25, 0.3) is 10.9 Å². The summed E-state index contributed by atoms with van der Waals surface area (Å²) in [6.45, 7) is 1.73. The topological polar surface area (TPSA) is 58.5 Å². The highest BCUT2D eigenvalue weighted by Gasteiger charge is 2.35. The Morgan fingerprint density at radius 2 is 2.00 bits per heavy atom. The van der Waals surface area contributed by atoms with E-state index in [4.69, 9.17) is 4.74 Å². The summed E-state index contributed by atoms with van der Waals surface area (Å²) in [5.74, 6) is 1.43. The molecule has 5 nitrogen and oxygen atoms in total. The molecule has 2 fully saturated rings. The molecule has 0 bridgehead atoms. The summed E-state index contributed by atoms with van der Waals surface area (Å²) in [5, 5.41) is 12.7. The van der Waals surface area contributed by atoms with E-state index < -0.39 is 5.60 Å². The molecule has 0 unspecified atom stereocenters. The number of anilines is 1. The number of pyridine rings is 2. The first-order chi connectivity index (χ1) is 11.7. The first kappa shape index (κ1) is 16.0. The van der Waals surface area contributed by atoms with Crippen molar-refractivity contribution in [3.63, 3.8) is 0 Å². The molecule has 6 heteroatoms. The lowest BCUT2D eigenvalue weighted by molar-refractivity contribution is 0.0400. The Balaban J connectivity index is 1.52. The Morgan fingerprint density at radius 3 is 2.71 bits per heavy atom. The van der Waals surface area contributed by atoms with Crippen LogP contribution in [0.3, 0.4) is 0 Å². The van der Waals surface area contributed by atoms with E-state index in [1.807, 2.05) is 30.1 Å². The molecule has 2 aromatic heterocycles. The van der Waals surface area contributed by atoms with Gasteiger partial charge in [0.05, 0.1) is 12.7 Å². The molecule has 2 aliphatic rings. The SMILES string of the molecule is COc1nccc2c(N3CCC(O)(CSC4CC4)CC3)ccnc12. The summed E-state index contributed by atoms with van der Waals surface area (Å²) in [4.78, 5) is 11.0. The monoisotopic (exact) mass is 345 g/mol. The zero-order chi connectivity index (χ0) is 16.6. The van der Waals surface area contributed by atoms with Crippen LogP contribution in [-0.2, 0) is 0 Å². The van der Waals surface area contributed by atoms with Crippen molar-refractivity contribution in [2.45, 2.75) is 36.5 Å². The Hall–Kier alpha value is -1.53. The van der Waals surface area contributed by atoms with Gasteiger partial charge in [-0.15, -0.1) is 0 Å². The minimum atomic E-state index is -0.508. The van der Waals surface area contributed by atoms with Crippen molar-refractivity contribution < 1.29 is 9.84 Å². The number of hydrogen-bond acceptors (Lipinski definition) is 6. The van der Waals surface area contributed by atoms with E-state index in [2.05, 4.69) is 14.9 Å². The highest BCUT2D eigenvalue weighted by molar-refractivity contribution is 8.00. The fourth-order valence-electron chi connectivity index (χ4n) is 3.28. The van der Waals surface area contributed by atoms with Gasteiger partial charge in [0.2, 0.25) is 5.88 Å². The molecule has 0 radical (unpaired) electrons. The van der Waals surface area contributed by atoms with Crippen molar-refractivity contribution in [2.75, 3.05) is 30.9 Å². The second-order valence-electron chi connectivity index (χ2n) is 6.77. The van der Waals surface area contributed by atoms with Gasteiger partial charge in [0, 0.05) is 47.6 Å². The van der Waals surface area contributed by atoms with Gasteiger partial charge in [-0.05, 0) is 37.8 Å². The van der Waals surface area contributed by atoms with Gasteiger partial charge in [-0.3, -0.25) is 4.98 Å². The number of ether oxygens (including phenoxy) is 1. The summed E-state index contributed by atoms with van der Waals surface area (Å²) in [6, 6.07) is 4.04. The number of fused-ring (bicyclic) bond motifs is 1. The number of thioether (sulfide) groups is 1. The molecule has 1 saturated heterocycles. The van der Waals surface area contributed by atoms with Gasteiger partial charge in [0.15, 0.2) is 0 Å². The summed E-state index contributed by atoms with van der Waals surface area (Å²) < 4.78 is 5.33. The lowest BCUT2D eigenvalue weighted by atomic mass is 9.93. The predicted molar refractivity (Wildman–Crippen MR) is 98.0 cm³/mol. The minimum Gasteiger partial charge on any atom is -0.479 e. The largest absolute Gasteiger partial charge is 0.479 e. The third kappa shape index (κ3) is 3.17. The maximum Gasteiger partial charge on any atom is 0.240 e. The molecule has 0 atom stereocenters. The summed E-state index contributed by atoms with van der Waals surface area (Å²) in [5.41, 5.74) is 1.44. The molecule has 1 aliphatic carbocycles. The zero-order valence-corrected chi connectivity index (χ0v) is 14.8. The fourth-order valence-corrected chi connectivity index (χ4v) is 4.58. The second kappa shape index (κ2) is 6.41. The minimum absolute atomic E-state index is 0.508. The van der Waals surface area contributed by atoms with Crippen LogP contribution in [0.15, 0.2) is 24.5 Å². The highest BCUT2D eigenvalue weighted by atomic mass is 32.2. The van der Waals surface area contributed by atoms with E-state index in [1.54, 1.807) is 13.3 Å². The van der Waals surface area contributed by atoms with Crippen molar-refractivity contribution in [3.05, 3.63) is 24.5 Å². The zero-order valence-electron chi connectivity index (χ0n) is 13.9. The number of aromatic nitrogens is 2. The fraction of sp³-hybridized carbons (Fsp3) is 0.556. The molecule has 24 heavy (non-hydrogen) atoms. The number of hydrogen-bond donors (Lipinski definition) is 1. The lowest BCUT2D eigenvalue weighted by Gasteiger charge is -2.39. The number of nitrogens with zero attached hydrogens (tertiary/aromatic N) is 3. The summed E-state index contributed by atoms with van der Waals surface area (Å²) in [6.07, 6.45) is 7.86. The first-order valence-corrected chi connectivity index (χ1v) is 9.60. The Bertz CT molecular complexity index is 727. The van der Waals surface area contributed by atoms with Crippen LogP contribution in [0.1, 0.15) is 25.7 Å². The molecule has 1 saturated carbocycles. The third-order valence-corrected chi connectivity index (χ3v) is 6.59. The normalized spacial score (nSPS) is 20.3. The summed E-state index contributed by atoms with van der Waals surface area (Å²) >= 11 is 1.95. The first-order valence-electron chi connectivity index (χ1n) is 8.55. The van der Waals surface area contributed by atoms with E-state index in [-0.39, 0.29) is 0 Å². The standard InChI is InChI=1S/C18H23N3O2S/c1-23-17-16-14(4-8-20-17)15(5-9-19-16)21-10-6-18(22,7-11-21)12-24-13-2-3-13/h4-5,8-9,13,22H,2-3,6-7,10-12H2,1H3. The van der Waals surface area contributed by atoms with E-state index >= 15 is 0 Å². The van der Waals surface area contributed by atoms with Gasteiger partial charge in [-0.25, -0.2) is 4.98 Å². The van der Waals surface area contributed by atoms with Gasteiger partial charge < -0.3 is 14.7 Å². The van der Waals surface area contributed by atoms with Crippen molar-refractivity contribution in [1.29, 1.82) is 0 Å². The van der Waals surface area contributed by atoms with Gasteiger partial charge in [0.25, 0.3) is 0 Å². The maximum absolute atomic E-state index is 10.8. The van der Waals surface area contributed by atoms with Crippen LogP contribution >= 0.6 is 11.8 Å². The number of aliphatic hydroxyl groups is 1. The van der Waals surface area contributed by atoms with E-state index in [1.165, 1.54) is 12.8 Å². The molecule has 4 rings (SSSR count). The van der Waals surface area contributed by atoms with E-state index in [0.29, 0.717) is 5.88 Å². The highest BCUT2D eigenvalue weighted by Crippen LogP contribution is 2.39. The number of piperidine rings is 1. The van der Waals surface area contributed by atoms with Crippen LogP contribution < -0.4 is 9.64 Å². The van der Waals surface area contributed by atoms with Gasteiger partial charge >= 0.3 is 0 Å². The van der Waals surface area contributed by atoms with Crippen LogP contribution in [-0.4, -0.2) is 51.9 Å². The molecule has 3 heterocycles. The van der Waals surface area contributed by atoms with Crippen molar-refractivity contribution in [3.8, 4) is 5.88 Å². The molecule has 0 spiro atoms. The maximum atomic E-state index is 10.8. The Morgan fingerprint density at radius 1 is 1.25 bits per heavy atom. The molecular weight excluding hydrogens is 322 g/mol. The summed E-state index contributed by atoms with van der Waals surface area (Å²) in [7, 11) is 1.62. The van der Waals surface area contributed by atoms with Crippen LogP contribution in [0.5, 0.6) is 5.88 Å². The average molecular weight is 345 g/mol. The predicted octanol–water partition coefficient (Wildman–Crippen LogP) is 2.87. The van der Waals surface area contributed by atoms with Crippen LogP contribution in [0, 0.1) is 0 Å². The lowest BCUT2D eigenvalue weighted by Crippen LogP contribution is -2.46.